The zero-order valence-electron chi connectivity index (χ0n) is 9.71. The van der Waals surface area contributed by atoms with E-state index in [0.717, 1.165) is 5.56 Å². The summed E-state index contributed by atoms with van der Waals surface area (Å²) in [6, 6.07) is 0. The summed E-state index contributed by atoms with van der Waals surface area (Å²) in [5.74, 6) is 0.479. The van der Waals surface area contributed by atoms with Gasteiger partial charge in [0, 0.05) is 18.9 Å². The minimum Gasteiger partial charge on any atom is -0.351 e. The molecular weight excluding hydrogens is 193 g/mol. The molecular formula is C11H18FN3. The predicted molar refractivity (Wildman–Crippen MR) is 59.8 cm³/mol. The van der Waals surface area contributed by atoms with Crippen LogP contribution in [0.5, 0.6) is 0 Å². The van der Waals surface area contributed by atoms with Crippen molar-refractivity contribution in [3.05, 3.63) is 18.0 Å². The molecule has 0 aliphatic heterocycles. The van der Waals surface area contributed by atoms with Gasteiger partial charge in [-0.15, -0.1) is 0 Å². The lowest BCUT2D eigenvalue weighted by atomic mass is 9.89. The van der Waals surface area contributed by atoms with E-state index in [4.69, 9.17) is 0 Å². The molecule has 1 rings (SSSR count). The summed E-state index contributed by atoms with van der Waals surface area (Å²) in [5.41, 5.74) is 1.12. The molecule has 1 atom stereocenters. The van der Waals surface area contributed by atoms with Crippen molar-refractivity contribution in [3.8, 4) is 0 Å². The second-order valence-electron chi connectivity index (χ2n) is 4.71. The minimum absolute atomic E-state index is 0.0475. The molecule has 1 aromatic rings. The number of anilines is 1. The van der Waals surface area contributed by atoms with Crippen LogP contribution < -0.4 is 5.32 Å². The van der Waals surface area contributed by atoms with Gasteiger partial charge in [-0.25, -0.2) is 14.4 Å². The van der Waals surface area contributed by atoms with Crippen molar-refractivity contribution in [1.82, 2.24) is 9.97 Å². The van der Waals surface area contributed by atoms with Crippen molar-refractivity contribution >= 4 is 5.95 Å². The third kappa shape index (κ3) is 3.81. The van der Waals surface area contributed by atoms with Crippen molar-refractivity contribution in [3.63, 3.8) is 0 Å². The van der Waals surface area contributed by atoms with Crippen LogP contribution in [-0.2, 0) is 5.41 Å². The van der Waals surface area contributed by atoms with Gasteiger partial charge in [0.15, 0.2) is 0 Å². The molecule has 0 aromatic carbocycles. The molecule has 15 heavy (non-hydrogen) atoms. The van der Waals surface area contributed by atoms with Crippen LogP contribution >= 0.6 is 0 Å². The highest BCUT2D eigenvalue weighted by Gasteiger charge is 2.14. The van der Waals surface area contributed by atoms with Crippen molar-refractivity contribution in [2.24, 2.45) is 0 Å². The molecule has 0 saturated heterocycles. The topological polar surface area (TPSA) is 37.8 Å². The third-order valence-electron chi connectivity index (χ3n) is 2.06. The quantitative estimate of drug-likeness (QED) is 0.835. The summed E-state index contributed by atoms with van der Waals surface area (Å²) in [4.78, 5) is 8.26. The fourth-order valence-corrected chi connectivity index (χ4v) is 1.04. The molecule has 4 heteroatoms. The van der Waals surface area contributed by atoms with Crippen LogP contribution in [-0.4, -0.2) is 22.7 Å². The molecule has 0 radical (unpaired) electrons. The van der Waals surface area contributed by atoms with Gasteiger partial charge >= 0.3 is 0 Å². The van der Waals surface area contributed by atoms with Crippen molar-refractivity contribution in [2.75, 3.05) is 11.9 Å². The number of nitrogens with zero attached hydrogens (tertiary/aromatic N) is 2. The average molecular weight is 211 g/mol. The third-order valence-corrected chi connectivity index (χ3v) is 2.06. The Morgan fingerprint density at radius 1 is 1.33 bits per heavy atom. The first-order chi connectivity index (χ1) is 6.89. The van der Waals surface area contributed by atoms with Gasteiger partial charge in [-0.3, -0.25) is 0 Å². The van der Waals surface area contributed by atoms with Crippen LogP contribution in [0.15, 0.2) is 12.4 Å². The highest BCUT2D eigenvalue weighted by Crippen LogP contribution is 2.20. The first kappa shape index (κ1) is 11.9. The lowest BCUT2D eigenvalue weighted by molar-refractivity contribution is 0.378. The summed E-state index contributed by atoms with van der Waals surface area (Å²) < 4.78 is 12.5. The highest BCUT2D eigenvalue weighted by molar-refractivity contribution is 5.27. The molecule has 0 aliphatic carbocycles. The lowest BCUT2D eigenvalue weighted by Gasteiger charge is -2.17. The van der Waals surface area contributed by atoms with E-state index >= 15 is 0 Å². The largest absolute Gasteiger partial charge is 0.351 e. The summed E-state index contributed by atoms with van der Waals surface area (Å²) in [6.07, 6.45) is 2.66. The van der Waals surface area contributed by atoms with E-state index < -0.39 is 6.17 Å². The van der Waals surface area contributed by atoms with Crippen LogP contribution in [0.2, 0.25) is 0 Å². The average Bonchev–Trinajstić information content (AvgIpc) is 2.14. The Labute approximate surface area is 90.1 Å². The van der Waals surface area contributed by atoms with Gasteiger partial charge in [-0.2, -0.15) is 0 Å². The zero-order valence-corrected chi connectivity index (χ0v) is 9.71. The van der Waals surface area contributed by atoms with E-state index in [9.17, 15) is 4.39 Å². The molecule has 1 unspecified atom stereocenters. The van der Waals surface area contributed by atoms with Crippen molar-refractivity contribution in [2.45, 2.75) is 39.3 Å². The Kier molecular flexibility index (Phi) is 3.61. The summed E-state index contributed by atoms with van der Waals surface area (Å²) in [6.45, 7) is 8.04. The SMILES string of the molecule is CC(F)CNc1ncc(C(C)(C)C)cn1. The van der Waals surface area contributed by atoms with E-state index in [1.54, 1.807) is 12.4 Å². The highest BCUT2D eigenvalue weighted by atomic mass is 19.1. The van der Waals surface area contributed by atoms with Crippen molar-refractivity contribution in [1.29, 1.82) is 0 Å². The summed E-state index contributed by atoms with van der Waals surface area (Å²) >= 11 is 0. The molecule has 0 bridgehead atoms. The van der Waals surface area contributed by atoms with Gasteiger partial charge in [-0.1, -0.05) is 20.8 Å². The molecule has 0 spiro atoms. The van der Waals surface area contributed by atoms with Gasteiger partial charge in [-0.05, 0) is 17.9 Å². The molecule has 0 amide bonds. The van der Waals surface area contributed by atoms with Gasteiger partial charge < -0.3 is 5.32 Å². The number of alkyl halides is 1. The number of rotatable bonds is 3. The van der Waals surface area contributed by atoms with Gasteiger partial charge in [0.1, 0.15) is 6.17 Å². The first-order valence-electron chi connectivity index (χ1n) is 5.10. The van der Waals surface area contributed by atoms with E-state index in [-0.39, 0.29) is 12.0 Å². The lowest BCUT2D eigenvalue weighted by Crippen LogP contribution is -2.16. The first-order valence-corrected chi connectivity index (χ1v) is 5.10. The van der Waals surface area contributed by atoms with Crippen LogP contribution in [0.1, 0.15) is 33.3 Å². The maximum atomic E-state index is 12.5. The van der Waals surface area contributed by atoms with Crippen LogP contribution in [0, 0.1) is 0 Å². The van der Waals surface area contributed by atoms with Gasteiger partial charge in [0.25, 0.3) is 0 Å². The second kappa shape index (κ2) is 4.55. The monoisotopic (exact) mass is 211 g/mol. The molecule has 1 N–H and O–H groups in total. The molecule has 1 heterocycles. The summed E-state index contributed by atoms with van der Waals surface area (Å²) in [7, 11) is 0. The van der Waals surface area contributed by atoms with E-state index in [1.807, 2.05) is 0 Å². The van der Waals surface area contributed by atoms with Crippen LogP contribution in [0.25, 0.3) is 0 Å². The molecule has 84 valence electrons. The molecule has 0 fully saturated rings. The maximum absolute atomic E-state index is 12.5. The number of hydrogen-bond acceptors (Lipinski definition) is 3. The Morgan fingerprint density at radius 2 is 1.87 bits per heavy atom. The molecule has 0 aliphatic rings. The van der Waals surface area contributed by atoms with E-state index in [2.05, 4.69) is 36.1 Å². The van der Waals surface area contributed by atoms with Gasteiger partial charge in [0.2, 0.25) is 5.95 Å². The van der Waals surface area contributed by atoms with Crippen LogP contribution in [0.4, 0.5) is 10.3 Å². The van der Waals surface area contributed by atoms with E-state index in [1.165, 1.54) is 6.92 Å². The molecule has 0 saturated carbocycles. The maximum Gasteiger partial charge on any atom is 0.222 e. The van der Waals surface area contributed by atoms with Crippen molar-refractivity contribution < 1.29 is 4.39 Å². The van der Waals surface area contributed by atoms with E-state index in [0.29, 0.717) is 5.95 Å². The Hall–Kier alpha value is -1.19. The normalized spacial score (nSPS) is 13.7. The number of aromatic nitrogens is 2. The fraction of sp³-hybridized carbons (Fsp3) is 0.636. The Morgan fingerprint density at radius 3 is 2.27 bits per heavy atom. The zero-order chi connectivity index (χ0) is 11.5. The summed E-state index contributed by atoms with van der Waals surface area (Å²) in [5, 5.41) is 2.83. The standard InChI is InChI=1S/C11H18FN3/c1-8(12)5-13-10-14-6-9(7-15-10)11(2,3)4/h6-8H,5H2,1-4H3,(H,13,14,15). The molecule has 3 nitrogen and oxygen atoms in total. The number of hydrogen-bond donors (Lipinski definition) is 1. The Balaban J connectivity index is 2.65. The fourth-order valence-electron chi connectivity index (χ4n) is 1.04. The predicted octanol–water partition coefficient (Wildman–Crippen LogP) is 2.54. The number of halogens is 1. The number of nitrogens with one attached hydrogen (secondary N) is 1. The second-order valence-corrected chi connectivity index (χ2v) is 4.71. The Bertz CT molecular complexity index is 301. The molecule has 1 aromatic heterocycles. The van der Waals surface area contributed by atoms with Gasteiger partial charge in [0.05, 0.1) is 0 Å². The smallest absolute Gasteiger partial charge is 0.222 e. The minimum atomic E-state index is -0.893. The van der Waals surface area contributed by atoms with Crippen LogP contribution in [0.3, 0.4) is 0 Å².